The van der Waals surface area contributed by atoms with Crippen LogP contribution in [0.15, 0.2) is 46.2 Å². The number of aromatic nitrogens is 2. The Hall–Kier alpha value is -2.04. The molecule has 0 unspecified atom stereocenters. The number of nitrogens with zero attached hydrogens (tertiary/aromatic N) is 2. The van der Waals surface area contributed by atoms with Crippen LogP contribution < -0.4 is 15.8 Å². The third-order valence-electron chi connectivity index (χ3n) is 2.99. The highest BCUT2D eigenvalue weighted by Crippen LogP contribution is 2.20. The van der Waals surface area contributed by atoms with E-state index in [0.717, 1.165) is 5.56 Å². The highest BCUT2D eigenvalue weighted by atomic mass is 79.9. The van der Waals surface area contributed by atoms with Crippen molar-refractivity contribution < 1.29 is 13.2 Å². The van der Waals surface area contributed by atoms with E-state index in [2.05, 4.69) is 35.9 Å². The first-order valence-corrected chi connectivity index (χ1v) is 9.22. The monoisotopic (exact) mass is 413 g/mol. The van der Waals surface area contributed by atoms with Gasteiger partial charge in [0.15, 0.2) is 0 Å². The quantitative estimate of drug-likeness (QED) is 0.615. The lowest BCUT2D eigenvalue weighted by Crippen LogP contribution is -2.31. The van der Waals surface area contributed by atoms with Gasteiger partial charge in [-0.15, -0.1) is 0 Å². The van der Waals surface area contributed by atoms with E-state index in [4.69, 9.17) is 5.73 Å². The number of sulfonamides is 1. The molecule has 0 saturated heterocycles. The van der Waals surface area contributed by atoms with Gasteiger partial charge in [-0.1, -0.05) is 6.07 Å². The van der Waals surface area contributed by atoms with Crippen molar-refractivity contribution in [3.63, 3.8) is 0 Å². The summed E-state index contributed by atoms with van der Waals surface area (Å²) in [5, 5.41) is 2.69. The molecule has 0 aliphatic carbocycles. The molecule has 0 bridgehead atoms. The smallest absolute Gasteiger partial charge is 0.244 e. The first-order valence-electron chi connectivity index (χ1n) is 6.95. The SMILES string of the molecule is Nc1ncc(Br)cc1S(=O)(=O)NCCC(=O)NCc1cccnc1. The minimum atomic E-state index is -3.83. The van der Waals surface area contributed by atoms with Gasteiger partial charge in [0.05, 0.1) is 0 Å². The maximum absolute atomic E-state index is 12.2. The van der Waals surface area contributed by atoms with E-state index >= 15 is 0 Å². The Morgan fingerprint density at radius 2 is 2.12 bits per heavy atom. The number of hydrogen-bond acceptors (Lipinski definition) is 6. The number of rotatable bonds is 7. The number of amides is 1. The first kappa shape index (κ1) is 18.3. The summed E-state index contributed by atoms with van der Waals surface area (Å²) in [5.74, 6) is -0.381. The summed E-state index contributed by atoms with van der Waals surface area (Å²) in [4.78, 5) is 19.3. The molecule has 0 aromatic carbocycles. The Morgan fingerprint density at radius 1 is 1.33 bits per heavy atom. The molecule has 0 spiro atoms. The molecule has 8 nitrogen and oxygen atoms in total. The second-order valence-corrected chi connectivity index (χ2v) is 7.47. The number of nitrogens with one attached hydrogen (secondary N) is 2. The van der Waals surface area contributed by atoms with Crippen molar-refractivity contribution in [3.05, 3.63) is 46.8 Å². The average molecular weight is 414 g/mol. The number of hydrogen-bond donors (Lipinski definition) is 3. The molecule has 24 heavy (non-hydrogen) atoms. The molecule has 0 aliphatic rings. The molecule has 2 aromatic rings. The van der Waals surface area contributed by atoms with Gasteiger partial charge in [0.2, 0.25) is 15.9 Å². The lowest BCUT2D eigenvalue weighted by molar-refractivity contribution is -0.121. The van der Waals surface area contributed by atoms with Crippen molar-refractivity contribution in [3.8, 4) is 0 Å². The van der Waals surface area contributed by atoms with Gasteiger partial charge in [0, 0.05) is 42.6 Å². The van der Waals surface area contributed by atoms with Crippen molar-refractivity contribution in [2.24, 2.45) is 0 Å². The predicted molar refractivity (Wildman–Crippen MR) is 92.2 cm³/mol. The fourth-order valence-corrected chi connectivity index (χ4v) is 3.43. The van der Waals surface area contributed by atoms with E-state index in [1.165, 1.54) is 12.3 Å². The Kier molecular flexibility index (Phi) is 6.23. The molecule has 0 fully saturated rings. The zero-order valence-corrected chi connectivity index (χ0v) is 15.0. The summed E-state index contributed by atoms with van der Waals surface area (Å²) in [7, 11) is -3.83. The first-order chi connectivity index (χ1) is 11.4. The highest BCUT2D eigenvalue weighted by molar-refractivity contribution is 9.10. The minimum Gasteiger partial charge on any atom is -0.383 e. The van der Waals surface area contributed by atoms with Crippen LogP contribution in [-0.4, -0.2) is 30.8 Å². The largest absolute Gasteiger partial charge is 0.383 e. The van der Waals surface area contributed by atoms with Crippen LogP contribution in [0.5, 0.6) is 0 Å². The number of nitrogens with two attached hydrogens (primary N) is 1. The second kappa shape index (κ2) is 8.18. The fraction of sp³-hybridized carbons (Fsp3) is 0.214. The second-order valence-electron chi connectivity index (χ2n) is 4.82. The molecule has 2 rings (SSSR count). The molecule has 0 saturated carbocycles. The van der Waals surface area contributed by atoms with Crippen LogP contribution in [0.4, 0.5) is 5.82 Å². The third-order valence-corrected chi connectivity index (χ3v) is 4.92. The van der Waals surface area contributed by atoms with Crippen LogP contribution in [-0.2, 0) is 21.4 Å². The molecule has 0 radical (unpaired) electrons. The van der Waals surface area contributed by atoms with Crippen molar-refractivity contribution in [2.75, 3.05) is 12.3 Å². The molecule has 128 valence electrons. The Morgan fingerprint density at radius 3 is 2.83 bits per heavy atom. The minimum absolute atomic E-state index is 0.000822. The van der Waals surface area contributed by atoms with Gasteiger partial charge in [-0.2, -0.15) is 0 Å². The summed E-state index contributed by atoms with van der Waals surface area (Å²) in [6.45, 7) is 0.287. The topological polar surface area (TPSA) is 127 Å². The molecule has 0 aliphatic heterocycles. The fourth-order valence-electron chi connectivity index (χ4n) is 1.81. The number of carbonyl (C=O) groups is 1. The Bertz CT molecular complexity index is 814. The number of halogens is 1. The molecule has 10 heteroatoms. The van der Waals surface area contributed by atoms with Crippen LogP contribution >= 0.6 is 15.9 Å². The summed E-state index contributed by atoms with van der Waals surface area (Å²) in [6.07, 6.45) is 4.69. The highest BCUT2D eigenvalue weighted by Gasteiger charge is 2.18. The van der Waals surface area contributed by atoms with Gasteiger partial charge in [-0.3, -0.25) is 9.78 Å². The van der Waals surface area contributed by atoms with Crippen LogP contribution in [0.2, 0.25) is 0 Å². The number of anilines is 1. The van der Waals surface area contributed by atoms with E-state index in [1.807, 2.05) is 6.07 Å². The molecule has 1 amide bonds. The van der Waals surface area contributed by atoms with Crippen LogP contribution in [0.25, 0.3) is 0 Å². The van der Waals surface area contributed by atoms with Crippen molar-refractivity contribution in [1.82, 2.24) is 20.0 Å². The lowest BCUT2D eigenvalue weighted by Gasteiger charge is -2.09. The summed E-state index contributed by atoms with van der Waals surface area (Å²) in [6, 6.07) is 4.96. The van der Waals surface area contributed by atoms with E-state index in [-0.39, 0.29) is 29.6 Å². The zero-order valence-electron chi connectivity index (χ0n) is 12.6. The van der Waals surface area contributed by atoms with Gasteiger partial charge >= 0.3 is 0 Å². The van der Waals surface area contributed by atoms with E-state index in [0.29, 0.717) is 11.0 Å². The molecule has 2 aromatic heterocycles. The maximum atomic E-state index is 12.2. The van der Waals surface area contributed by atoms with Gasteiger partial charge in [-0.25, -0.2) is 18.1 Å². The molecule has 4 N–H and O–H groups in total. The molecule has 2 heterocycles. The van der Waals surface area contributed by atoms with E-state index < -0.39 is 10.0 Å². The summed E-state index contributed by atoms with van der Waals surface area (Å²) >= 11 is 3.14. The van der Waals surface area contributed by atoms with Gasteiger partial charge in [-0.05, 0) is 33.6 Å². The molecule has 0 atom stereocenters. The lowest BCUT2D eigenvalue weighted by atomic mass is 10.3. The van der Waals surface area contributed by atoms with Crippen molar-refractivity contribution >= 4 is 37.7 Å². The van der Waals surface area contributed by atoms with E-state index in [9.17, 15) is 13.2 Å². The van der Waals surface area contributed by atoms with Gasteiger partial charge in [0.25, 0.3) is 0 Å². The average Bonchev–Trinajstić information content (AvgIpc) is 2.56. The number of pyridine rings is 2. The normalized spacial score (nSPS) is 11.2. The summed E-state index contributed by atoms with van der Waals surface area (Å²) < 4.78 is 27.2. The van der Waals surface area contributed by atoms with Crippen LogP contribution in [0.3, 0.4) is 0 Å². The van der Waals surface area contributed by atoms with E-state index in [1.54, 1.807) is 18.5 Å². The summed E-state index contributed by atoms with van der Waals surface area (Å²) in [5.41, 5.74) is 6.44. The van der Waals surface area contributed by atoms with Gasteiger partial charge in [0.1, 0.15) is 10.7 Å². The van der Waals surface area contributed by atoms with Crippen LogP contribution in [0.1, 0.15) is 12.0 Å². The third kappa shape index (κ3) is 5.25. The van der Waals surface area contributed by atoms with Crippen LogP contribution in [0, 0.1) is 0 Å². The molecular weight excluding hydrogens is 398 g/mol. The van der Waals surface area contributed by atoms with Crippen molar-refractivity contribution in [2.45, 2.75) is 17.9 Å². The number of nitrogen functional groups attached to an aromatic ring is 1. The Labute approximate surface area is 148 Å². The Balaban J connectivity index is 1.84. The molecular formula is C14H16BrN5O3S. The standard InChI is InChI=1S/C14H16BrN5O3S/c15-11-6-12(14(16)19-9-11)24(22,23)20-5-3-13(21)18-8-10-2-1-4-17-7-10/h1-2,4,6-7,9,20H,3,5,8H2,(H2,16,19)(H,18,21). The van der Waals surface area contributed by atoms with Crippen molar-refractivity contribution in [1.29, 1.82) is 0 Å². The number of carbonyl (C=O) groups excluding carboxylic acids is 1. The maximum Gasteiger partial charge on any atom is 0.244 e. The van der Waals surface area contributed by atoms with Gasteiger partial charge < -0.3 is 11.1 Å². The zero-order chi connectivity index (χ0) is 17.6. The predicted octanol–water partition coefficient (Wildman–Crippen LogP) is 0.806.